The van der Waals surface area contributed by atoms with E-state index in [1.165, 1.54) is 11.9 Å². The zero-order valence-electron chi connectivity index (χ0n) is 14.7. The van der Waals surface area contributed by atoms with Crippen molar-refractivity contribution in [3.05, 3.63) is 82.8 Å². The third-order valence-electron chi connectivity index (χ3n) is 4.63. The van der Waals surface area contributed by atoms with Gasteiger partial charge >= 0.3 is 0 Å². The molecule has 27 heavy (non-hydrogen) atoms. The second-order valence-electron chi connectivity index (χ2n) is 6.43. The summed E-state index contributed by atoms with van der Waals surface area (Å²) in [5, 5.41) is 3.98. The topological polar surface area (TPSA) is 58.1 Å². The highest BCUT2D eigenvalue weighted by Crippen LogP contribution is 2.28. The minimum Gasteiger partial charge on any atom is -0.370 e. The van der Waals surface area contributed by atoms with Crippen LogP contribution in [-0.4, -0.2) is 29.0 Å². The van der Waals surface area contributed by atoms with E-state index in [1.54, 1.807) is 11.0 Å². The highest BCUT2D eigenvalue weighted by atomic mass is 35.5. The van der Waals surface area contributed by atoms with Crippen LogP contribution >= 0.6 is 11.6 Å². The third kappa shape index (κ3) is 3.93. The van der Waals surface area contributed by atoms with Crippen LogP contribution in [0.3, 0.4) is 0 Å². The molecular formula is C21H19ClN4O. The summed E-state index contributed by atoms with van der Waals surface area (Å²) in [6.45, 7) is 1.37. The first-order chi connectivity index (χ1) is 13.2. The second kappa shape index (κ2) is 7.76. The Morgan fingerprint density at radius 3 is 2.89 bits per heavy atom. The number of halogens is 1. The number of nitrogens with one attached hydrogen (secondary N) is 1. The SMILES string of the molecule is O=C(c1cc(NCCc2cccc(Cl)c2)ncn1)N1CCc2ccccc21. The van der Waals surface area contributed by atoms with Crippen molar-refractivity contribution >= 4 is 29.0 Å². The molecule has 0 saturated carbocycles. The molecule has 0 spiro atoms. The number of benzene rings is 2. The van der Waals surface area contributed by atoms with Crippen molar-refractivity contribution in [1.29, 1.82) is 0 Å². The Bertz CT molecular complexity index is 976. The average molecular weight is 379 g/mol. The molecule has 2 heterocycles. The van der Waals surface area contributed by atoms with E-state index in [2.05, 4.69) is 21.4 Å². The molecule has 0 unspecified atom stereocenters. The molecule has 2 aromatic carbocycles. The van der Waals surface area contributed by atoms with E-state index in [4.69, 9.17) is 11.6 Å². The van der Waals surface area contributed by atoms with E-state index < -0.39 is 0 Å². The number of fused-ring (bicyclic) bond motifs is 1. The number of rotatable bonds is 5. The molecule has 1 N–H and O–H groups in total. The Kier molecular flexibility index (Phi) is 5.03. The van der Waals surface area contributed by atoms with Crippen LogP contribution in [0, 0.1) is 0 Å². The molecule has 0 fully saturated rings. The van der Waals surface area contributed by atoms with Crippen LogP contribution in [0.15, 0.2) is 60.9 Å². The highest BCUT2D eigenvalue weighted by Gasteiger charge is 2.26. The number of hydrogen-bond acceptors (Lipinski definition) is 4. The van der Waals surface area contributed by atoms with Crippen molar-refractivity contribution in [2.75, 3.05) is 23.3 Å². The Labute approximate surface area is 163 Å². The molecular weight excluding hydrogens is 360 g/mol. The van der Waals surface area contributed by atoms with Crippen LogP contribution in [0.4, 0.5) is 11.5 Å². The smallest absolute Gasteiger partial charge is 0.277 e. The minimum absolute atomic E-state index is 0.0970. The summed E-state index contributed by atoms with van der Waals surface area (Å²) in [7, 11) is 0. The molecule has 1 aliphatic rings. The molecule has 0 bridgehead atoms. The summed E-state index contributed by atoms with van der Waals surface area (Å²) in [6.07, 6.45) is 3.11. The van der Waals surface area contributed by atoms with Gasteiger partial charge in [0.05, 0.1) is 0 Å². The fraction of sp³-hybridized carbons (Fsp3) is 0.190. The minimum atomic E-state index is -0.0970. The Morgan fingerprint density at radius 2 is 2.00 bits per heavy atom. The number of para-hydroxylation sites is 1. The monoisotopic (exact) mass is 378 g/mol. The summed E-state index contributed by atoms with van der Waals surface area (Å²) in [5.41, 5.74) is 3.71. The number of nitrogens with zero attached hydrogens (tertiary/aromatic N) is 3. The lowest BCUT2D eigenvalue weighted by atomic mass is 10.1. The Hall–Kier alpha value is -2.92. The summed E-state index contributed by atoms with van der Waals surface area (Å²) in [4.78, 5) is 23.1. The molecule has 136 valence electrons. The molecule has 1 amide bonds. The molecule has 1 aromatic heterocycles. The number of hydrogen-bond donors (Lipinski definition) is 1. The van der Waals surface area contributed by atoms with Crippen molar-refractivity contribution < 1.29 is 4.79 Å². The van der Waals surface area contributed by atoms with E-state index in [-0.39, 0.29) is 5.91 Å². The Morgan fingerprint density at radius 1 is 1.11 bits per heavy atom. The number of aromatic nitrogens is 2. The maximum absolute atomic E-state index is 12.9. The fourth-order valence-corrected chi connectivity index (χ4v) is 3.50. The van der Waals surface area contributed by atoms with Crippen LogP contribution in [0.25, 0.3) is 0 Å². The summed E-state index contributed by atoms with van der Waals surface area (Å²) in [6, 6.07) is 17.5. The lowest BCUT2D eigenvalue weighted by Gasteiger charge is -2.17. The largest absolute Gasteiger partial charge is 0.370 e. The predicted octanol–water partition coefficient (Wildman–Crippen LogP) is 3.99. The van der Waals surface area contributed by atoms with Crippen molar-refractivity contribution in [2.24, 2.45) is 0 Å². The lowest BCUT2D eigenvalue weighted by molar-refractivity contribution is 0.0984. The van der Waals surface area contributed by atoms with Crippen LogP contribution in [-0.2, 0) is 12.8 Å². The normalized spacial score (nSPS) is 12.7. The zero-order valence-corrected chi connectivity index (χ0v) is 15.5. The van der Waals surface area contributed by atoms with Gasteiger partial charge in [-0.05, 0) is 42.2 Å². The first-order valence-electron chi connectivity index (χ1n) is 8.91. The molecule has 4 rings (SSSR count). The fourth-order valence-electron chi connectivity index (χ4n) is 3.29. The molecule has 5 nitrogen and oxygen atoms in total. The molecule has 0 saturated heterocycles. The summed E-state index contributed by atoms with van der Waals surface area (Å²) < 4.78 is 0. The maximum Gasteiger partial charge on any atom is 0.277 e. The summed E-state index contributed by atoms with van der Waals surface area (Å²) >= 11 is 6.01. The van der Waals surface area contributed by atoms with Gasteiger partial charge in [-0.15, -0.1) is 0 Å². The van der Waals surface area contributed by atoms with Gasteiger partial charge in [0.1, 0.15) is 17.8 Å². The molecule has 0 radical (unpaired) electrons. The molecule has 1 aliphatic heterocycles. The van der Waals surface area contributed by atoms with Crippen LogP contribution in [0.1, 0.15) is 21.6 Å². The zero-order chi connectivity index (χ0) is 18.6. The quantitative estimate of drug-likeness (QED) is 0.729. The second-order valence-corrected chi connectivity index (χ2v) is 6.87. The van der Waals surface area contributed by atoms with Gasteiger partial charge < -0.3 is 10.2 Å². The van der Waals surface area contributed by atoms with Gasteiger partial charge in [-0.3, -0.25) is 4.79 Å². The first kappa shape index (κ1) is 17.5. The average Bonchev–Trinajstić information content (AvgIpc) is 3.12. The van der Waals surface area contributed by atoms with Crippen molar-refractivity contribution in [1.82, 2.24) is 9.97 Å². The molecule has 3 aromatic rings. The predicted molar refractivity (Wildman–Crippen MR) is 108 cm³/mol. The van der Waals surface area contributed by atoms with Crippen molar-refractivity contribution in [2.45, 2.75) is 12.8 Å². The maximum atomic E-state index is 12.9. The highest BCUT2D eigenvalue weighted by molar-refractivity contribution is 6.30. The van der Waals surface area contributed by atoms with Gasteiger partial charge in [0.2, 0.25) is 0 Å². The van der Waals surface area contributed by atoms with Gasteiger partial charge in [0, 0.05) is 29.9 Å². The van der Waals surface area contributed by atoms with E-state index >= 15 is 0 Å². The number of anilines is 2. The number of carbonyl (C=O) groups is 1. The van der Waals surface area contributed by atoms with Crippen LogP contribution in [0.5, 0.6) is 0 Å². The van der Waals surface area contributed by atoms with E-state index in [9.17, 15) is 4.79 Å². The van der Waals surface area contributed by atoms with E-state index in [0.717, 1.165) is 29.1 Å². The molecule has 0 atom stereocenters. The van der Waals surface area contributed by atoms with E-state index in [1.807, 2.05) is 42.5 Å². The summed E-state index contributed by atoms with van der Waals surface area (Å²) in [5.74, 6) is 0.545. The van der Waals surface area contributed by atoms with Gasteiger partial charge in [-0.1, -0.05) is 41.9 Å². The molecule has 6 heteroatoms. The molecule has 0 aliphatic carbocycles. The van der Waals surface area contributed by atoms with Gasteiger partial charge in [-0.25, -0.2) is 9.97 Å². The van der Waals surface area contributed by atoms with Crippen molar-refractivity contribution in [3.8, 4) is 0 Å². The van der Waals surface area contributed by atoms with Crippen molar-refractivity contribution in [3.63, 3.8) is 0 Å². The standard InChI is InChI=1S/C21H19ClN4O/c22-17-6-3-4-15(12-17)8-10-23-20-13-18(24-14-25-20)21(27)26-11-9-16-5-1-2-7-19(16)26/h1-7,12-14H,8-11H2,(H,23,24,25). The lowest BCUT2D eigenvalue weighted by Crippen LogP contribution is -2.29. The Balaban J connectivity index is 1.42. The number of amides is 1. The van der Waals surface area contributed by atoms with Crippen LogP contribution < -0.4 is 10.2 Å². The van der Waals surface area contributed by atoms with Crippen LogP contribution in [0.2, 0.25) is 5.02 Å². The number of carbonyl (C=O) groups excluding carboxylic acids is 1. The van der Waals surface area contributed by atoms with E-state index in [0.29, 0.717) is 24.6 Å². The first-order valence-corrected chi connectivity index (χ1v) is 9.28. The van der Waals surface area contributed by atoms with Gasteiger partial charge in [0.25, 0.3) is 5.91 Å². The van der Waals surface area contributed by atoms with Gasteiger partial charge in [-0.2, -0.15) is 0 Å². The third-order valence-corrected chi connectivity index (χ3v) is 4.86. The van der Waals surface area contributed by atoms with Gasteiger partial charge in [0.15, 0.2) is 0 Å².